The van der Waals surface area contributed by atoms with E-state index >= 15 is 0 Å². The summed E-state index contributed by atoms with van der Waals surface area (Å²) in [5.41, 5.74) is 0. The lowest BCUT2D eigenvalue weighted by Crippen LogP contribution is -2.36. The van der Waals surface area contributed by atoms with Crippen molar-refractivity contribution in [3.05, 3.63) is 24.3 Å². The molecule has 1 aromatic rings. The first-order chi connectivity index (χ1) is 9.33. The van der Waals surface area contributed by atoms with Gasteiger partial charge in [-0.3, -0.25) is 0 Å². The van der Waals surface area contributed by atoms with E-state index in [0.717, 1.165) is 17.4 Å². The average molecular weight is 279 g/mol. The summed E-state index contributed by atoms with van der Waals surface area (Å²) in [6.07, 6.45) is 7.05. The maximum atomic E-state index is 5.19. The summed E-state index contributed by atoms with van der Waals surface area (Å²) < 4.78 is 5.19. The molecule has 0 spiro atoms. The number of nitrogens with one attached hydrogen (secondary N) is 1. The number of benzene rings is 1. The molecule has 2 rings (SSSR count). The summed E-state index contributed by atoms with van der Waals surface area (Å²) in [5.74, 6) is 2.96. The summed E-state index contributed by atoms with van der Waals surface area (Å²) in [7, 11) is 3.82. The zero-order chi connectivity index (χ0) is 13.5. The highest BCUT2D eigenvalue weighted by atomic mass is 32.2. The maximum absolute atomic E-state index is 5.19. The fourth-order valence-corrected chi connectivity index (χ4v) is 3.99. The molecule has 1 unspecified atom stereocenters. The van der Waals surface area contributed by atoms with Crippen molar-refractivity contribution in [2.45, 2.75) is 43.0 Å². The smallest absolute Gasteiger partial charge is 0.118 e. The molecule has 0 saturated heterocycles. The molecule has 106 valence electrons. The Hall–Kier alpha value is -0.670. The minimum Gasteiger partial charge on any atom is -0.497 e. The van der Waals surface area contributed by atoms with E-state index in [1.54, 1.807) is 7.11 Å². The van der Waals surface area contributed by atoms with Crippen molar-refractivity contribution in [1.29, 1.82) is 0 Å². The molecule has 19 heavy (non-hydrogen) atoms. The summed E-state index contributed by atoms with van der Waals surface area (Å²) in [6, 6.07) is 9.02. The molecule has 0 radical (unpaired) electrons. The van der Waals surface area contributed by atoms with Crippen molar-refractivity contribution in [1.82, 2.24) is 5.32 Å². The molecular weight excluding hydrogens is 254 g/mol. The molecule has 0 amide bonds. The molecular formula is C16H25NOS. The van der Waals surface area contributed by atoms with E-state index in [0.29, 0.717) is 6.04 Å². The molecule has 1 aliphatic rings. The van der Waals surface area contributed by atoms with Gasteiger partial charge in [0, 0.05) is 16.7 Å². The van der Waals surface area contributed by atoms with Crippen LogP contribution >= 0.6 is 11.8 Å². The Kier molecular flexibility index (Phi) is 6.05. The van der Waals surface area contributed by atoms with Gasteiger partial charge in [-0.2, -0.15) is 0 Å². The van der Waals surface area contributed by atoms with Gasteiger partial charge < -0.3 is 10.1 Å². The second-order valence-corrected chi connectivity index (χ2v) is 6.37. The van der Waals surface area contributed by atoms with Gasteiger partial charge in [0.2, 0.25) is 0 Å². The minimum atomic E-state index is 0.646. The van der Waals surface area contributed by atoms with Gasteiger partial charge in [-0.1, -0.05) is 19.3 Å². The largest absolute Gasteiger partial charge is 0.497 e. The van der Waals surface area contributed by atoms with Crippen molar-refractivity contribution < 1.29 is 4.74 Å². The quantitative estimate of drug-likeness (QED) is 0.797. The molecule has 2 nitrogen and oxygen atoms in total. The third-order valence-corrected chi connectivity index (χ3v) is 5.21. The van der Waals surface area contributed by atoms with Crippen molar-refractivity contribution in [3.63, 3.8) is 0 Å². The second-order valence-electron chi connectivity index (χ2n) is 5.28. The van der Waals surface area contributed by atoms with Crippen LogP contribution in [0.2, 0.25) is 0 Å². The Morgan fingerprint density at radius 2 is 1.89 bits per heavy atom. The molecule has 1 N–H and O–H groups in total. The van der Waals surface area contributed by atoms with Crippen molar-refractivity contribution in [2.75, 3.05) is 19.9 Å². The van der Waals surface area contributed by atoms with E-state index in [1.807, 2.05) is 23.9 Å². The Morgan fingerprint density at radius 1 is 1.21 bits per heavy atom. The number of ether oxygens (including phenoxy) is 1. The van der Waals surface area contributed by atoms with Crippen LogP contribution in [0.1, 0.15) is 32.1 Å². The molecule has 1 aliphatic carbocycles. The Balaban J connectivity index is 1.84. The summed E-state index contributed by atoms with van der Waals surface area (Å²) in [6.45, 7) is 0. The predicted octanol–water partition coefficient (Wildman–Crippen LogP) is 3.96. The van der Waals surface area contributed by atoms with Crippen LogP contribution < -0.4 is 10.1 Å². The van der Waals surface area contributed by atoms with Gasteiger partial charge in [0.15, 0.2) is 0 Å². The maximum Gasteiger partial charge on any atom is 0.118 e. The third-order valence-electron chi connectivity index (χ3n) is 4.08. The van der Waals surface area contributed by atoms with Gasteiger partial charge in [-0.25, -0.2) is 0 Å². The Labute approximate surface area is 121 Å². The van der Waals surface area contributed by atoms with Gasteiger partial charge >= 0.3 is 0 Å². The first-order valence-corrected chi connectivity index (χ1v) is 8.26. The van der Waals surface area contributed by atoms with E-state index < -0.39 is 0 Å². The lowest BCUT2D eigenvalue weighted by Gasteiger charge is -2.29. The minimum absolute atomic E-state index is 0.646. The van der Waals surface area contributed by atoms with Crippen LogP contribution in [-0.4, -0.2) is 26.0 Å². The van der Waals surface area contributed by atoms with Crippen LogP contribution in [0.25, 0.3) is 0 Å². The van der Waals surface area contributed by atoms with E-state index in [-0.39, 0.29) is 0 Å². The molecule has 1 fully saturated rings. The second kappa shape index (κ2) is 7.81. The normalized spacial score (nSPS) is 18.2. The predicted molar refractivity (Wildman–Crippen MR) is 83.1 cm³/mol. The lowest BCUT2D eigenvalue weighted by atomic mass is 9.84. The molecule has 1 aromatic carbocycles. The summed E-state index contributed by atoms with van der Waals surface area (Å²) in [4.78, 5) is 1.33. The molecule has 0 heterocycles. The topological polar surface area (TPSA) is 21.3 Å². The number of hydrogen-bond acceptors (Lipinski definition) is 3. The van der Waals surface area contributed by atoms with Crippen LogP contribution in [-0.2, 0) is 0 Å². The van der Waals surface area contributed by atoms with Crippen LogP contribution in [0, 0.1) is 5.92 Å². The fourth-order valence-electron chi connectivity index (χ4n) is 2.85. The zero-order valence-electron chi connectivity index (χ0n) is 12.0. The highest BCUT2D eigenvalue weighted by molar-refractivity contribution is 7.99. The standard InChI is InChI=1S/C16H25NOS/c1-17-16(13-6-4-3-5-7-13)12-19-15-10-8-14(18-2)9-11-15/h8-11,13,16-17H,3-7,12H2,1-2H3. The highest BCUT2D eigenvalue weighted by Gasteiger charge is 2.22. The van der Waals surface area contributed by atoms with Crippen LogP contribution in [0.4, 0.5) is 0 Å². The van der Waals surface area contributed by atoms with Crippen LogP contribution in [0.15, 0.2) is 29.2 Å². The van der Waals surface area contributed by atoms with Gasteiger partial charge in [-0.15, -0.1) is 11.8 Å². The van der Waals surface area contributed by atoms with E-state index in [4.69, 9.17) is 4.74 Å². The molecule has 1 atom stereocenters. The van der Waals surface area contributed by atoms with Gasteiger partial charge in [-0.05, 0) is 50.1 Å². The zero-order valence-corrected chi connectivity index (χ0v) is 12.8. The number of rotatable bonds is 6. The lowest BCUT2D eigenvalue weighted by molar-refractivity contribution is 0.294. The van der Waals surface area contributed by atoms with Gasteiger partial charge in [0.1, 0.15) is 5.75 Å². The van der Waals surface area contributed by atoms with E-state index in [1.165, 1.54) is 37.0 Å². The highest BCUT2D eigenvalue weighted by Crippen LogP contribution is 2.30. The van der Waals surface area contributed by atoms with Crippen molar-refractivity contribution in [3.8, 4) is 5.75 Å². The molecule has 1 saturated carbocycles. The first-order valence-electron chi connectivity index (χ1n) is 7.27. The molecule has 0 bridgehead atoms. The Bertz CT molecular complexity index is 360. The average Bonchev–Trinajstić information content (AvgIpc) is 2.49. The molecule has 3 heteroatoms. The third kappa shape index (κ3) is 4.43. The summed E-state index contributed by atoms with van der Waals surface area (Å²) in [5, 5.41) is 3.52. The Morgan fingerprint density at radius 3 is 2.47 bits per heavy atom. The van der Waals surface area contributed by atoms with Crippen LogP contribution in [0.5, 0.6) is 5.75 Å². The molecule has 0 aliphatic heterocycles. The van der Waals surface area contributed by atoms with Gasteiger partial charge in [0.05, 0.1) is 7.11 Å². The van der Waals surface area contributed by atoms with Crippen molar-refractivity contribution >= 4 is 11.8 Å². The fraction of sp³-hybridized carbons (Fsp3) is 0.625. The SMILES string of the molecule is CNC(CSc1ccc(OC)cc1)C1CCCCC1. The van der Waals surface area contributed by atoms with Gasteiger partial charge in [0.25, 0.3) is 0 Å². The number of methoxy groups -OCH3 is 1. The van der Waals surface area contributed by atoms with Crippen LogP contribution in [0.3, 0.4) is 0 Å². The number of thioether (sulfide) groups is 1. The first kappa shape index (κ1) is 14.7. The van der Waals surface area contributed by atoms with E-state index in [9.17, 15) is 0 Å². The van der Waals surface area contributed by atoms with Crippen molar-refractivity contribution in [2.24, 2.45) is 5.92 Å². The molecule has 0 aromatic heterocycles. The summed E-state index contributed by atoms with van der Waals surface area (Å²) >= 11 is 1.95. The monoisotopic (exact) mass is 279 g/mol. The number of hydrogen-bond donors (Lipinski definition) is 1. The van der Waals surface area contributed by atoms with E-state index in [2.05, 4.69) is 24.5 Å².